The van der Waals surface area contributed by atoms with E-state index in [4.69, 9.17) is 5.73 Å². The Morgan fingerprint density at radius 1 is 1.19 bits per heavy atom. The van der Waals surface area contributed by atoms with Crippen molar-refractivity contribution in [2.24, 2.45) is 11.7 Å². The van der Waals surface area contributed by atoms with Gasteiger partial charge in [0.25, 0.3) is 5.91 Å². The van der Waals surface area contributed by atoms with E-state index in [0.717, 1.165) is 42.3 Å². The SMILES string of the molecule is CNC(=O)C1CCC(n2ccc3cc(-n4ccnc4)cc(C(N)=O)c32)CC1. The molecule has 0 radical (unpaired) electrons. The lowest BCUT2D eigenvalue weighted by atomic mass is 9.85. The molecule has 1 aliphatic carbocycles. The summed E-state index contributed by atoms with van der Waals surface area (Å²) in [6.07, 6.45) is 10.8. The van der Waals surface area contributed by atoms with Crippen LogP contribution in [-0.2, 0) is 4.79 Å². The Labute approximate surface area is 157 Å². The molecule has 0 atom stereocenters. The third-order valence-electron chi connectivity index (χ3n) is 5.57. The smallest absolute Gasteiger partial charge is 0.250 e. The molecule has 0 unspecified atom stereocenters. The minimum Gasteiger partial charge on any atom is -0.366 e. The Kier molecular flexibility index (Phi) is 4.43. The predicted octanol–water partition coefficient (Wildman–Crippen LogP) is 2.40. The molecule has 0 spiro atoms. The van der Waals surface area contributed by atoms with Gasteiger partial charge in [0.15, 0.2) is 0 Å². The molecule has 2 aromatic heterocycles. The highest BCUT2D eigenvalue weighted by Gasteiger charge is 2.28. The normalized spacial score (nSPS) is 19.9. The van der Waals surface area contributed by atoms with E-state index in [-0.39, 0.29) is 17.9 Å². The number of benzene rings is 1. The Bertz CT molecular complexity index is 981. The molecule has 0 saturated heterocycles. The molecular formula is C20H23N5O2. The number of nitrogens with one attached hydrogen (secondary N) is 1. The van der Waals surface area contributed by atoms with Gasteiger partial charge < -0.3 is 20.2 Å². The average Bonchev–Trinajstić information content (AvgIpc) is 3.36. The monoisotopic (exact) mass is 365 g/mol. The minimum absolute atomic E-state index is 0.0801. The maximum absolute atomic E-state index is 12.2. The van der Waals surface area contributed by atoms with Crippen molar-refractivity contribution in [3.05, 3.63) is 48.7 Å². The molecule has 2 amide bonds. The zero-order valence-electron chi connectivity index (χ0n) is 15.3. The molecule has 1 fully saturated rings. The maximum Gasteiger partial charge on any atom is 0.250 e. The summed E-state index contributed by atoms with van der Waals surface area (Å²) in [7, 11) is 1.69. The third kappa shape index (κ3) is 3.09. The summed E-state index contributed by atoms with van der Waals surface area (Å²) in [5, 5.41) is 3.72. The quantitative estimate of drug-likeness (QED) is 0.743. The fourth-order valence-electron chi connectivity index (χ4n) is 4.16. The fraction of sp³-hybridized carbons (Fsp3) is 0.350. The first-order valence-electron chi connectivity index (χ1n) is 9.23. The lowest BCUT2D eigenvalue weighted by Crippen LogP contribution is -2.31. The van der Waals surface area contributed by atoms with Gasteiger partial charge in [-0.2, -0.15) is 0 Å². The van der Waals surface area contributed by atoms with Crippen LogP contribution >= 0.6 is 0 Å². The number of primary amides is 1. The number of rotatable bonds is 4. The number of carbonyl (C=O) groups excluding carboxylic acids is 2. The van der Waals surface area contributed by atoms with Gasteiger partial charge in [0.05, 0.1) is 17.4 Å². The molecule has 7 heteroatoms. The number of fused-ring (bicyclic) bond motifs is 1. The number of hydrogen-bond donors (Lipinski definition) is 2. The number of imidazole rings is 1. The Morgan fingerprint density at radius 2 is 1.96 bits per heavy atom. The zero-order valence-corrected chi connectivity index (χ0v) is 15.3. The summed E-state index contributed by atoms with van der Waals surface area (Å²) < 4.78 is 4.02. The highest BCUT2D eigenvalue weighted by molar-refractivity contribution is 6.06. The molecule has 0 bridgehead atoms. The van der Waals surface area contributed by atoms with Gasteiger partial charge in [-0.15, -0.1) is 0 Å². The van der Waals surface area contributed by atoms with Gasteiger partial charge in [0.2, 0.25) is 5.91 Å². The van der Waals surface area contributed by atoms with Gasteiger partial charge in [-0.3, -0.25) is 9.59 Å². The molecule has 27 heavy (non-hydrogen) atoms. The molecule has 140 valence electrons. The van der Waals surface area contributed by atoms with Crippen LogP contribution in [0.25, 0.3) is 16.6 Å². The van der Waals surface area contributed by atoms with Gasteiger partial charge in [-0.05, 0) is 43.9 Å². The zero-order chi connectivity index (χ0) is 19.0. The predicted molar refractivity (Wildman–Crippen MR) is 103 cm³/mol. The Hall–Kier alpha value is -3.09. The standard InChI is InChI=1S/C20H23N5O2/c1-22-20(27)13-2-4-15(5-3-13)25-8-6-14-10-16(24-9-7-23-12-24)11-17(18(14)25)19(21)26/h6-13,15H,2-5H2,1H3,(H2,21,26)(H,22,27). The van der Waals surface area contributed by atoms with Gasteiger partial charge in [-0.25, -0.2) is 4.98 Å². The van der Waals surface area contributed by atoms with E-state index in [1.165, 1.54) is 0 Å². The molecule has 3 aromatic rings. The molecular weight excluding hydrogens is 342 g/mol. The number of nitrogens with zero attached hydrogens (tertiary/aromatic N) is 3. The van der Waals surface area contributed by atoms with Crippen LogP contribution in [0.4, 0.5) is 0 Å². The van der Waals surface area contributed by atoms with Crippen LogP contribution < -0.4 is 11.1 Å². The second kappa shape index (κ2) is 6.90. The molecule has 4 rings (SSSR count). The lowest BCUT2D eigenvalue weighted by Gasteiger charge is -2.29. The third-order valence-corrected chi connectivity index (χ3v) is 5.57. The van der Waals surface area contributed by atoms with E-state index in [1.54, 1.807) is 19.6 Å². The largest absolute Gasteiger partial charge is 0.366 e. The first-order valence-corrected chi connectivity index (χ1v) is 9.23. The minimum atomic E-state index is -0.444. The van der Waals surface area contributed by atoms with E-state index < -0.39 is 5.91 Å². The van der Waals surface area contributed by atoms with Gasteiger partial charge >= 0.3 is 0 Å². The summed E-state index contributed by atoms with van der Waals surface area (Å²) in [5.74, 6) is -0.244. The van der Waals surface area contributed by atoms with Crippen LogP contribution in [0.1, 0.15) is 42.1 Å². The van der Waals surface area contributed by atoms with Gasteiger partial charge in [0.1, 0.15) is 0 Å². The number of amides is 2. The second-order valence-corrected chi connectivity index (χ2v) is 7.11. The van der Waals surface area contributed by atoms with Gasteiger partial charge in [0, 0.05) is 48.7 Å². The Morgan fingerprint density at radius 3 is 2.59 bits per heavy atom. The molecule has 1 saturated carbocycles. The van der Waals surface area contributed by atoms with Crippen molar-refractivity contribution in [3.63, 3.8) is 0 Å². The van der Waals surface area contributed by atoms with Crippen molar-refractivity contribution in [3.8, 4) is 5.69 Å². The first-order chi connectivity index (χ1) is 13.1. The first kappa shape index (κ1) is 17.3. The van der Waals surface area contributed by atoms with E-state index in [1.807, 2.05) is 35.2 Å². The van der Waals surface area contributed by atoms with E-state index >= 15 is 0 Å². The molecule has 1 aromatic carbocycles. The van der Waals surface area contributed by atoms with Crippen LogP contribution in [0, 0.1) is 5.92 Å². The summed E-state index contributed by atoms with van der Waals surface area (Å²) in [4.78, 5) is 28.1. The highest BCUT2D eigenvalue weighted by atomic mass is 16.2. The Balaban J connectivity index is 1.71. The van der Waals surface area contributed by atoms with Crippen molar-refractivity contribution >= 4 is 22.7 Å². The van der Waals surface area contributed by atoms with E-state index in [0.29, 0.717) is 5.56 Å². The molecule has 0 aliphatic heterocycles. The highest BCUT2D eigenvalue weighted by Crippen LogP contribution is 2.36. The van der Waals surface area contributed by atoms with Crippen molar-refractivity contribution in [2.75, 3.05) is 7.05 Å². The molecule has 1 aliphatic rings. The molecule has 7 nitrogen and oxygen atoms in total. The van der Waals surface area contributed by atoms with Crippen LogP contribution in [0.15, 0.2) is 43.1 Å². The fourth-order valence-corrected chi connectivity index (χ4v) is 4.16. The van der Waals surface area contributed by atoms with Crippen molar-refractivity contribution in [1.82, 2.24) is 19.4 Å². The van der Waals surface area contributed by atoms with Crippen LogP contribution in [0.2, 0.25) is 0 Å². The topological polar surface area (TPSA) is 94.9 Å². The van der Waals surface area contributed by atoms with Crippen LogP contribution in [0.5, 0.6) is 0 Å². The van der Waals surface area contributed by atoms with Gasteiger partial charge in [-0.1, -0.05) is 0 Å². The average molecular weight is 365 g/mol. The summed E-state index contributed by atoms with van der Waals surface area (Å²) in [5.41, 5.74) is 7.94. The van der Waals surface area contributed by atoms with Crippen molar-refractivity contribution in [2.45, 2.75) is 31.7 Å². The number of aromatic nitrogens is 3. The number of hydrogen-bond acceptors (Lipinski definition) is 3. The summed E-state index contributed by atoms with van der Waals surface area (Å²) in [6.45, 7) is 0. The summed E-state index contributed by atoms with van der Waals surface area (Å²) in [6, 6.07) is 6.14. The number of carbonyl (C=O) groups is 2. The summed E-state index contributed by atoms with van der Waals surface area (Å²) >= 11 is 0. The lowest BCUT2D eigenvalue weighted by molar-refractivity contribution is -0.125. The van der Waals surface area contributed by atoms with Crippen molar-refractivity contribution < 1.29 is 9.59 Å². The van der Waals surface area contributed by atoms with E-state index in [9.17, 15) is 9.59 Å². The van der Waals surface area contributed by atoms with Crippen molar-refractivity contribution in [1.29, 1.82) is 0 Å². The maximum atomic E-state index is 12.2. The second-order valence-electron chi connectivity index (χ2n) is 7.11. The molecule has 2 heterocycles. The molecule has 3 N–H and O–H groups in total. The van der Waals surface area contributed by atoms with E-state index in [2.05, 4.69) is 14.9 Å². The number of nitrogens with two attached hydrogens (primary N) is 1. The van der Waals surface area contributed by atoms with Crippen LogP contribution in [-0.4, -0.2) is 33.0 Å². The van der Waals surface area contributed by atoms with Crippen LogP contribution in [0.3, 0.4) is 0 Å².